The van der Waals surface area contributed by atoms with Crippen molar-refractivity contribution in [1.29, 1.82) is 0 Å². The molecule has 2 aliphatic rings. The molecule has 98 valence electrons. The zero-order valence-electron chi connectivity index (χ0n) is 10.4. The van der Waals surface area contributed by atoms with Gasteiger partial charge in [-0.15, -0.1) is 0 Å². The van der Waals surface area contributed by atoms with Crippen LogP contribution in [0.1, 0.15) is 36.8 Å². The fourth-order valence-electron chi connectivity index (χ4n) is 3.17. The van der Waals surface area contributed by atoms with E-state index in [4.69, 9.17) is 16.3 Å². The van der Waals surface area contributed by atoms with Crippen LogP contribution in [0.4, 0.5) is 0 Å². The van der Waals surface area contributed by atoms with E-state index in [9.17, 15) is 0 Å². The summed E-state index contributed by atoms with van der Waals surface area (Å²) in [6.07, 6.45) is 7.43. The highest BCUT2D eigenvalue weighted by molar-refractivity contribution is 9.09. The van der Waals surface area contributed by atoms with Crippen molar-refractivity contribution in [3.63, 3.8) is 0 Å². The number of ether oxygens (including phenoxy) is 1. The summed E-state index contributed by atoms with van der Waals surface area (Å²) >= 11 is 10.1. The summed E-state index contributed by atoms with van der Waals surface area (Å²) in [6, 6.07) is 4.15. The van der Waals surface area contributed by atoms with Crippen LogP contribution in [-0.4, -0.2) is 11.4 Å². The molecule has 18 heavy (non-hydrogen) atoms. The third-order valence-corrected chi connectivity index (χ3v) is 5.55. The molecule has 0 N–H and O–H groups in total. The lowest BCUT2D eigenvalue weighted by molar-refractivity contribution is 0.341. The van der Waals surface area contributed by atoms with Crippen LogP contribution in [0.5, 0.6) is 5.75 Å². The van der Waals surface area contributed by atoms with Gasteiger partial charge in [0.25, 0.3) is 0 Å². The van der Waals surface area contributed by atoms with E-state index < -0.39 is 0 Å². The van der Waals surface area contributed by atoms with Crippen LogP contribution in [0.3, 0.4) is 0 Å². The average Bonchev–Trinajstić information content (AvgIpc) is 2.80. The minimum atomic E-state index is 0.655. The first-order valence-electron chi connectivity index (χ1n) is 6.82. The fourth-order valence-corrected chi connectivity index (χ4v) is 4.21. The second-order valence-corrected chi connectivity index (χ2v) is 7.03. The molecular formula is C15H18BrClO. The Morgan fingerprint density at radius 1 is 1.28 bits per heavy atom. The molecule has 1 saturated carbocycles. The van der Waals surface area contributed by atoms with Gasteiger partial charge in [-0.1, -0.05) is 40.4 Å². The van der Waals surface area contributed by atoms with Crippen molar-refractivity contribution in [2.75, 3.05) is 6.61 Å². The van der Waals surface area contributed by atoms with Crippen LogP contribution >= 0.6 is 27.5 Å². The second kappa shape index (κ2) is 5.42. The Hall–Kier alpha value is -0.210. The summed E-state index contributed by atoms with van der Waals surface area (Å²) in [6.45, 7) is 0.811. The zero-order valence-corrected chi connectivity index (χ0v) is 12.8. The Balaban J connectivity index is 1.84. The van der Waals surface area contributed by atoms with Gasteiger partial charge < -0.3 is 4.74 Å². The maximum absolute atomic E-state index is 6.22. The van der Waals surface area contributed by atoms with Gasteiger partial charge in [-0.25, -0.2) is 0 Å². The average molecular weight is 330 g/mol. The molecule has 2 unspecified atom stereocenters. The lowest BCUT2D eigenvalue weighted by Crippen LogP contribution is -2.21. The van der Waals surface area contributed by atoms with E-state index >= 15 is 0 Å². The summed E-state index contributed by atoms with van der Waals surface area (Å²) in [5.74, 6) is 1.84. The minimum Gasteiger partial charge on any atom is -0.493 e. The van der Waals surface area contributed by atoms with E-state index in [0.29, 0.717) is 4.83 Å². The van der Waals surface area contributed by atoms with Gasteiger partial charge in [-0.2, -0.15) is 0 Å². The van der Waals surface area contributed by atoms with Crippen molar-refractivity contribution in [3.8, 4) is 5.75 Å². The monoisotopic (exact) mass is 328 g/mol. The quantitative estimate of drug-likeness (QED) is 0.710. The molecule has 1 aromatic carbocycles. The first-order valence-corrected chi connectivity index (χ1v) is 8.11. The first kappa shape index (κ1) is 12.8. The highest BCUT2D eigenvalue weighted by Crippen LogP contribution is 2.38. The first-order chi connectivity index (χ1) is 8.74. The molecule has 1 nitrogen and oxygen atoms in total. The Kier molecular flexibility index (Phi) is 3.86. The molecule has 0 aromatic heterocycles. The Morgan fingerprint density at radius 2 is 2.11 bits per heavy atom. The van der Waals surface area contributed by atoms with Gasteiger partial charge in [0.05, 0.1) is 6.61 Å². The van der Waals surface area contributed by atoms with Crippen molar-refractivity contribution in [3.05, 3.63) is 28.3 Å². The number of fused-ring (bicyclic) bond motifs is 1. The van der Waals surface area contributed by atoms with E-state index in [-0.39, 0.29) is 0 Å². The number of benzene rings is 1. The zero-order chi connectivity index (χ0) is 12.5. The van der Waals surface area contributed by atoms with Crippen LogP contribution in [0.15, 0.2) is 12.1 Å². The predicted octanol–water partition coefficient (Wildman–Crippen LogP) is 4.77. The topological polar surface area (TPSA) is 9.23 Å². The Labute approximate surface area is 122 Å². The molecule has 0 radical (unpaired) electrons. The van der Waals surface area contributed by atoms with E-state index in [0.717, 1.165) is 36.1 Å². The lowest BCUT2D eigenvalue weighted by Gasteiger charge is -2.28. The molecule has 3 heteroatoms. The standard InChI is InChI=1S/C15H18BrClO/c16-14-4-2-1-3-10(14)7-12-9-13(17)8-11-5-6-18-15(11)12/h8-10,14H,1-7H2. The molecule has 3 rings (SSSR count). The molecule has 0 amide bonds. The van der Waals surface area contributed by atoms with Crippen molar-refractivity contribution in [2.24, 2.45) is 5.92 Å². The Morgan fingerprint density at radius 3 is 2.94 bits per heavy atom. The van der Waals surface area contributed by atoms with Crippen LogP contribution in [-0.2, 0) is 12.8 Å². The summed E-state index contributed by atoms with van der Waals surface area (Å²) in [7, 11) is 0. The molecule has 2 atom stereocenters. The summed E-state index contributed by atoms with van der Waals surface area (Å²) in [4.78, 5) is 0.655. The summed E-state index contributed by atoms with van der Waals surface area (Å²) in [5.41, 5.74) is 2.60. The Bertz CT molecular complexity index is 446. The van der Waals surface area contributed by atoms with Crippen molar-refractivity contribution in [1.82, 2.24) is 0 Å². The van der Waals surface area contributed by atoms with Gasteiger partial charge in [0, 0.05) is 16.3 Å². The fraction of sp³-hybridized carbons (Fsp3) is 0.600. The minimum absolute atomic E-state index is 0.655. The lowest BCUT2D eigenvalue weighted by atomic mass is 9.84. The van der Waals surface area contributed by atoms with E-state index in [1.54, 1.807) is 0 Å². The SMILES string of the molecule is Clc1cc2c(c(CC3CCCCC3Br)c1)OCC2. The molecule has 0 spiro atoms. The second-order valence-electron chi connectivity index (χ2n) is 5.42. The molecule has 0 bridgehead atoms. The van der Waals surface area contributed by atoms with Crippen molar-refractivity contribution >= 4 is 27.5 Å². The summed E-state index contributed by atoms with van der Waals surface area (Å²) in [5, 5.41) is 0.858. The number of halogens is 2. The van der Waals surface area contributed by atoms with E-state index in [1.165, 1.54) is 36.8 Å². The normalized spacial score (nSPS) is 26.8. The van der Waals surface area contributed by atoms with Crippen LogP contribution in [0.25, 0.3) is 0 Å². The highest BCUT2D eigenvalue weighted by Gasteiger charge is 2.26. The third-order valence-electron chi connectivity index (χ3n) is 4.12. The van der Waals surface area contributed by atoms with Gasteiger partial charge in [0.15, 0.2) is 0 Å². The smallest absolute Gasteiger partial charge is 0.125 e. The number of hydrogen-bond donors (Lipinski definition) is 0. The highest BCUT2D eigenvalue weighted by atomic mass is 79.9. The van der Waals surface area contributed by atoms with Crippen LogP contribution in [0.2, 0.25) is 5.02 Å². The van der Waals surface area contributed by atoms with E-state index in [1.807, 2.05) is 0 Å². The molecule has 1 fully saturated rings. The predicted molar refractivity (Wildman–Crippen MR) is 79.0 cm³/mol. The van der Waals surface area contributed by atoms with Gasteiger partial charge in [0.1, 0.15) is 5.75 Å². The largest absolute Gasteiger partial charge is 0.493 e. The summed E-state index contributed by atoms with van der Waals surface area (Å²) < 4.78 is 5.79. The maximum atomic E-state index is 6.22. The van der Waals surface area contributed by atoms with E-state index in [2.05, 4.69) is 28.1 Å². The van der Waals surface area contributed by atoms with Crippen LogP contribution in [0, 0.1) is 5.92 Å². The van der Waals surface area contributed by atoms with Crippen molar-refractivity contribution < 1.29 is 4.74 Å². The van der Waals surface area contributed by atoms with Gasteiger partial charge in [-0.05, 0) is 48.4 Å². The molecule has 1 aliphatic heterocycles. The maximum Gasteiger partial charge on any atom is 0.125 e. The molecule has 1 aromatic rings. The van der Waals surface area contributed by atoms with Gasteiger partial charge in [-0.3, -0.25) is 0 Å². The number of alkyl halides is 1. The number of hydrogen-bond acceptors (Lipinski definition) is 1. The van der Waals surface area contributed by atoms with Gasteiger partial charge in [0.2, 0.25) is 0 Å². The number of rotatable bonds is 2. The molecule has 1 aliphatic carbocycles. The third kappa shape index (κ3) is 2.55. The van der Waals surface area contributed by atoms with Crippen molar-refractivity contribution in [2.45, 2.75) is 43.4 Å². The van der Waals surface area contributed by atoms with Crippen LogP contribution < -0.4 is 4.74 Å². The van der Waals surface area contributed by atoms with Gasteiger partial charge >= 0.3 is 0 Å². The molecule has 0 saturated heterocycles. The molecule has 1 heterocycles. The molecular weight excluding hydrogens is 312 g/mol.